The van der Waals surface area contributed by atoms with Crippen LogP contribution in [0.1, 0.15) is 43.4 Å². The molecule has 0 aromatic heterocycles. The maximum Gasteiger partial charge on any atom is 0.407 e. The molecule has 0 saturated heterocycles. The van der Waals surface area contributed by atoms with Crippen molar-refractivity contribution in [2.45, 2.75) is 44.9 Å². The topological polar surface area (TPSA) is 123 Å². The first-order chi connectivity index (χ1) is 18.6. The number of carbonyl (C=O) groups is 3. The summed E-state index contributed by atoms with van der Waals surface area (Å²) < 4.78 is 16.2. The van der Waals surface area contributed by atoms with E-state index in [1.54, 1.807) is 45.0 Å². The van der Waals surface area contributed by atoms with E-state index in [1.165, 1.54) is 0 Å². The van der Waals surface area contributed by atoms with Crippen LogP contribution in [0.2, 0.25) is 0 Å². The van der Waals surface area contributed by atoms with Crippen molar-refractivity contribution in [3.8, 4) is 16.9 Å². The lowest BCUT2D eigenvalue weighted by atomic mass is 9.98. The van der Waals surface area contributed by atoms with Gasteiger partial charge in [0.2, 0.25) is 0 Å². The molecule has 1 aliphatic carbocycles. The van der Waals surface area contributed by atoms with Crippen LogP contribution in [0.5, 0.6) is 5.75 Å². The van der Waals surface area contributed by atoms with Gasteiger partial charge in [0, 0.05) is 12.5 Å². The normalized spacial score (nSPS) is 13.0. The van der Waals surface area contributed by atoms with E-state index >= 15 is 0 Å². The number of hydrogen-bond donors (Lipinski definition) is 3. The number of amides is 2. The summed E-state index contributed by atoms with van der Waals surface area (Å²) in [6.07, 6.45) is -1.36. The van der Waals surface area contributed by atoms with Crippen molar-refractivity contribution < 1.29 is 33.7 Å². The summed E-state index contributed by atoms with van der Waals surface area (Å²) in [6.45, 7) is 5.39. The summed E-state index contributed by atoms with van der Waals surface area (Å²) in [5.41, 5.74) is 4.55. The molecule has 0 fully saturated rings. The Balaban J connectivity index is 1.27. The second kappa shape index (κ2) is 11.9. The van der Waals surface area contributed by atoms with Crippen LogP contribution < -0.4 is 15.4 Å². The minimum absolute atomic E-state index is 0.0752. The van der Waals surface area contributed by atoms with Crippen LogP contribution in [-0.4, -0.2) is 48.1 Å². The number of carbonyl (C=O) groups excluding carboxylic acids is 2. The van der Waals surface area contributed by atoms with Gasteiger partial charge >= 0.3 is 18.2 Å². The molecule has 0 radical (unpaired) electrons. The lowest BCUT2D eigenvalue weighted by molar-refractivity contribution is -0.140. The fraction of sp³-hybridized carbons (Fsp3) is 0.300. The summed E-state index contributed by atoms with van der Waals surface area (Å²) in [5, 5.41) is 14.6. The van der Waals surface area contributed by atoms with E-state index < -0.39 is 29.8 Å². The fourth-order valence-electron chi connectivity index (χ4n) is 4.33. The molecule has 0 heterocycles. The van der Waals surface area contributed by atoms with E-state index in [0.717, 1.165) is 27.8 Å². The molecule has 0 aliphatic heterocycles. The van der Waals surface area contributed by atoms with E-state index in [9.17, 15) is 19.5 Å². The van der Waals surface area contributed by atoms with E-state index in [1.807, 2.05) is 48.5 Å². The van der Waals surface area contributed by atoms with Gasteiger partial charge < -0.3 is 30.0 Å². The van der Waals surface area contributed by atoms with Crippen LogP contribution in [0, 0.1) is 0 Å². The van der Waals surface area contributed by atoms with Crippen molar-refractivity contribution in [1.29, 1.82) is 0 Å². The number of carboxylic acids is 1. The lowest BCUT2D eigenvalue weighted by Gasteiger charge is -2.19. The van der Waals surface area contributed by atoms with Gasteiger partial charge in [-0.05, 0) is 60.7 Å². The fourth-order valence-corrected chi connectivity index (χ4v) is 4.33. The minimum Gasteiger partial charge on any atom is -0.491 e. The Kier molecular flexibility index (Phi) is 8.39. The Bertz CT molecular complexity index is 1290. The van der Waals surface area contributed by atoms with Crippen LogP contribution >= 0.6 is 0 Å². The maximum absolute atomic E-state index is 12.5. The third-order valence-corrected chi connectivity index (χ3v) is 6.11. The van der Waals surface area contributed by atoms with E-state index in [0.29, 0.717) is 5.75 Å². The van der Waals surface area contributed by atoms with Gasteiger partial charge in [-0.15, -0.1) is 0 Å². The quantitative estimate of drug-likeness (QED) is 0.351. The molecule has 0 spiro atoms. The zero-order valence-corrected chi connectivity index (χ0v) is 22.1. The SMILES string of the molecule is CC(C)(C)OC(=O)NCc1ccc(OCC(NC(=O)OCC2c3ccccc3-c3ccccc32)C(=O)O)cc1. The summed E-state index contributed by atoms with van der Waals surface area (Å²) in [6, 6.07) is 21.4. The first kappa shape index (κ1) is 27.5. The number of carboxylic acid groups (broad SMARTS) is 1. The molecular weight excluding hydrogens is 500 g/mol. The third kappa shape index (κ3) is 7.28. The molecule has 0 bridgehead atoms. The number of benzene rings is 3. The molecule has 2 amide bonds. The number of hydrogen-bond acceptors (Lipinski definition) is 6. The Morgan fingerprint density at radius 2 is 1.46 bits per heavy atom. The van der Waals surface area contributed by atoms with Crippen LogP contribution in [0.15, 0.2) is 72.8 Å². The predicted molar refractivity (Wildman–Crippen MR) is 145 cm³/mol. The van der Waals surface area contributed by atoms with Crippen molar-refractivity contribution in [2.75, 3.05) is 13.2 Å². The average molecular weight is 533 g/mol. The Labute approximate surface area is 227 Å². The Morgan fingerprint density at radius 3 is 2.03 bits per heavy atom. The molecule has 9 heteroatoms. The van der Waals surface area contributed by atoms with Crippen molar-refractivity contribution in [3.05, 3.63) is 89.5 Å². The number of ether oxygens (including phenoxy) is 3. The Morgan fingerprint density at radius 1 is 0.872 bits per heavy atom. The van der Waals surface area contributed by atoms with Crippen molar-refractivity contribution in [2.24, 2.45) is 0 Å². The van der Waals surface area contributed by atoms with Gasteiger partial charge in [-0.25, -0.2) is 14.4 Å². The highest BCUT2D eigenvalue weighted by Gasteiger charge is 2.30. The first-order valence-electron chi connectivity index (χ1n) is 12.6. The molecule has 9 nitrogen and oxygen atoms in total. The highest BCUT2D eigenvalue weighted by Crippen LogP contribution is 2.44. The van der Waals surface area contributed by atoms with E-state index in [-0.39, 0.29) is 25.7 Å². The van der Waals surface area contributed by atoms with Crippen LogP contribution in [0.25, 0.3) is 11.1 Å². The highest BCUT2D eigenvalue weighted by molar-refractivity contribution is 5.81. The Hall–Kier alpha value is -4.53. The third-order valence-electron chi connectivity index (χ3n) is 6.11. The molecule has 3 aromatic carbocycles. The number of nitrogens with one attached hydrogen (secondary N) is 2. The summed E-state index contributed by atoms with van der Waals surface area (Å²) >= 11 is 0. The van der Waals surface area contributed by atoms with Crippen molar-refractivity contribution >= 4 is 18.2 Å². The summed E-state index contributed by atoms with van der Waals surface area (Å²) in [4.78, 5) is 36.1. The molecular formula is C30H32N2O7. The monoisotopic (exact) mass is 532 g/mol. The van der Waals surface area contributed by atoms with E-state index in [2.05, 4.69) is 10.6 Å². The molecule has 4 rings (SSSR count). The van der Waals surface area contributed by atoms with Crippen LogP contribution in [0.4, 0.5) is 9.59 Å². The molecule has 3 N–H and O–H groups in total. The zero-order valence-electron chi connectivity index (χ0n) is 22.1. The van der Waals surface area contributed by atoms with Crippen molar-refractivity contribution in [1.82, 2.24) is 10.6 Å². The van der Waals surface area contributed by atoms with Crippen molar-refractivity contribution in [3.63, 3.8) is 0 Å². The maximum atomic E-state index is 12.5. The molecule has 3 aromatic rings. The molecule has 1 atom stereocenters. The molecule has 204 valence electrons. The predicted octanol–water partition coefficient (Wildman–Crippen LogP) is 5.08. The first-order valence-corrected chi connectivity index (χ1v) is 12.6. The smallest absolute Gasteiger partial charge is 0.407 e. The number of alkyl carbamates (subject to hydrolysis) is 2. The zero-order chi connectivity index (χ0) is 28.0. The van der Waals surface area contributed by atoms with Gasteiger partial charge in [0.25, 0.3) is 0 Å². The highest BCUT2D eigenvalue weighted by atomic mass is 16.6. The van der Waals surface area contributed by atoms with E-state index in [4.69, 9.17) is 14.2 Å². The second-order valence-corrected chi connectivity index (χ2v) is 10.2. The second-order valence-electron chi connectivity index (χ2n) is 10.2. The standard InChI is InChI=1S/C30H32N2O7/c1-30(2,3)39-28(35)31-16-19-12-14-20(15-13-19)37-18-26(27(33)34)32-29(36)38-17-25-23-10-6-4-8-21(23)22-9-5-7-11-24(22)25/h4-15,25-26H,16-18H2,1-3H3,(H,31,35)(H,32,36)(H,33,34). The number of aliphatic carboxylic acids is 1. The molecule has 39 heavy (non-hydrogen) atoms. The largest absolute Gasteiger partial charge is 0.491 e. The number of rotatable bonds is 9. The van der Waals surface area contributed by atoms with Crippen LogP contribution in [0.3, 0.4) is 0 Å². The van der Waals surface area contributed by atoms with Gasteiger partial charge in [0.05, 0.1) is 0 Å². The lowest BCUT2D eigenvalue weighted by Crippen LogP contribution is -2.45. The number of fused-ring (bicyclic) bond motifs is 3. The van der Waals surface area contributed by atoms with Gasteiger partial charge in [-0.2, -0.15) is 0 Å². The average Bonchev–Trinajstić information content (AvgIpc) is 3.22. The van der Waals surface area contributed by atoms with Gasteiger partial charge in [0.1, 0.15) is 24.6 Å². The van der Waals surface area contributed by atoms with Gasteiger partial charge in [-0.1, -0.05) is 60.7 Å². The molecule has 1 unspecified atom stereocenters. The van der Waals surface area contributed by atoms with Gasteiger partial charge in [-0.3, -0.25) is 0 Å². The molecule has 1 aliphatic rings. The summed E-state index contributed by atoms with van der Waals surface area (Å²) in [7, 11) is 0. The minimum atomic E-state index is -1.31. The molecule has 0 saturated carbocycles. The van der Waals surface area contributed by atoms with Crippen LogP contribution in [-0.2, 0) is 20.8 Å². The van der Waals surface area contributed by atoms with Gasteiger partial charge in [0.15, 0.2) is 6.04 Å². The summed E-state index contributed by atoms with van der Waals surface area (Å²) in [5.74, 6) is -0.968.